The normalized spacial score (nSPS) is 25.0. The molecule has 2 aliphatic heterocycles. The molecule has 1 aliphatic carbocycles. The van der Waals surface area contributed by atoms with Crippen LogP contribution in [0.3, 0.4) is 0 Å². The SMILES string of the molecule is CC1=C(C=CC2=[N+](C)c3ccccc3S2(C)C)CCC1=CC=C1N(C)c2ccccc2S1(C)C. The van der Waals surface area contributed by atoms with Gasteiger partial charge >= 0.3 is 0 Å². The number of benzene rings is 2. The highest BCUT2D eigenvalue weighted by atomic mass is 32.3. The van der Waals surface area contributed by atoms with E-state index in [0.29, 0.717) is 0 Å². The summed E-state index contributed by atoms with van der Waals surface area (Å²) in [6, 6.07) is 17.8. The molecular formula is C30H37N2S2+. The fourth-order valence-corrected chi connectivity index (χ4v) is 10.8. The molecule has 3 aliphatic rings. The van der Waals surface area contributed by atoms with Crippen LogP contribution in [-0.4, -0.2) is 48.7 Å². The molecule has 5 rings (SSSR count). The number of para-hydroxylation sites is 2. The van der Waals surface area contributed by atoms with Gasteiger partial charge in [0.05, 0.1) is 15.6 Å². The molecule has 0 saturated heterocycles. The number of rotatable bonds is 3. The second-order valence-corrected chi connectivity index (χ2v) is 17.2. The molecule has 2 aromatic rings. The van der Waals surface area contributed by atoms with E-state index in [1.807, 2.05) is 0 Å². The van der Waals surface area contributed by atoms with Crippen molar-refractivity contribution in [3.05, 3.63) is 94.6 Å². The second-order valence-electron chi connectivity index (χ2n) is 10.2. The van der Waals surface area contributed by atoms with Crippen LogP contribution >= 0.6 is 20.1 Å². The molecule has 0 atom stereocenters. The number of allylic oxidation sites excluding steroid dienone is 6. The Morgan fingerprint density at radius 1 is 0.824 bits per heavy atom. The lowest BCUT2D eigenvalue weighted by Gasteiger charge is -2.29. The number of nitrogens with zero attached hydrogens (tertiary/aromatic N) is 2. The molecule has 0 fully saturated rings. The van der Waals surface area contributed by atoms with E-state index in [4.69, 9.17) is 0 Å². The summed E-state index contributed by atoms with van der Waals surface area (Å²) in [6.07, 6.45) is 21.5. The third kappa shape index (κ3) is 3.54. The predicted molar refractivity (Wildman–Crippen MR) is 155 cm³/mol. The van der Waals surface area contributed by atoms with E-state index in [2.05, 4.69) is 128 Å². The maximum atomic E-state index is 2.42. The summed E-state index contributed by atoms with van der Waals surface area (Å²) in [7, 11) is 2.48. The van der Waals surface area contributed by atoms with E-state index in [1.54, 1.807) is 0 Å². The number of anilines is 1. The Bertz CT molecular complexity index is 1340. The van der Waals surface area contributed by atoms with Gasteiger partial charge in [0, 0.05) is 24.1 Å². The monoisotopic (exact) mass is 489 g/mol. The first-order valence-corrected chi connectivity index (χ1v) is 16.8. The molecular weight excluding hydrogens is 452 g/mol. The van der Waals surface area contributed by atoms with Gasteiger partial charge in [0.2, 0.25) is 10.7 Å². The minimum Gasteiger partial charge on any atom is -0.339 e. The van der Waals surface area contributed by atoms with Crippen molar-refractivity contribution in [1.82, 2.24) is 0 Å². The van der Waals surface area contributed by atoms with Crippen LogP contribution in [0.15, 0.2) is 104 Å². The number of hydrogen-bond acceptors (Lipinski definition) is 1. The van der Waals surface area contributed by atoms with Crippen molar-refractivity contribution in [3.8, 4) is 0 Å². The third-order valence-corrected chi connectivity index (χ3v) is 13.5. The van der Waals surface area contributed by atoms with E-state index in [0.717, 1.165) is 12.8 Å². The van der Waals surface area contributed by atoms with Crippen molar-refractivity contribution in [1.29, 1.82) is 0 Å². The van der Waals surface area contributed by atoms with Crippen LogP contribution in [0.5, 0.6) is 0 Å². The van der Waals surface area contributed by atoms with Gasteiger partial charge in [-0.2, -0.15) is 14.6 Å². The molecule has 2 aromatic carbocycles. The fourth-order valence-electron chi connectivity index (χ4n) is 5.65. The van der Waals surface area contributed by atoms with E-state index in [-0.39, 0.29) is 0 Å². The van der Waals surface area contributed by atoms with Crippen LogP contribution in [0.2, 0.25) is 0 Å². The van der Waals surface area contributed by atoms with Crippen molar-refractivity contribution in [2.45, 2.75) is 29.6 Å². The number of hydrogen-bond donors (Lipinski definition) is 0. The Morgan fingerprint density at radius 3 is 2.21 bits per heavy atom. The largest absolute Gasteiger partial charge is 0.339 e. The fraction of sp³-hybridized carbons (Fsp3) is 0.300. The lowest BCUT2D eigenvalue weighted by atomic mass is 10.1. The van der Waals surface area contributed by atoms with Gasteiger partial charge in [-0.3, -0.25) is 0 Å². The zero-order valence-electron chi connectivity index (χ0n) is 21.6. The molecule has 0 spiro atoms. The quantitative estimate of drug-likeness (QED) is 0.399. The highest BCUT2D eigenvalue weighted by Crippen LogP contribution is 2.65. The molecule has 0 N–H and O–H groups in total. The van der Waals surface area contributed by atoms with Crippen molar-refractivity contribution in [2.24, 2.45) is 0 Å². The van der Waals surface area contributed by atoms with Crippen molar-refractivity contribution in [3.63, 3.8) is 0 Å². The van der Waals surface area contributed by atoms with E-state index in [9.17, 15) is 0 Å². The Labute approximate surface area is 208 Å². The molecule has 2 nitrogen and oxygen atoms in total. The zero-order valence-corrected chi connectivity index (χ0v) is 23.2. The second kappa shape index (κ2) is 8.35. The standard InChI is InChI=1S/C30H37N2S2/c1-22-23(18-20-29-31(2)25-12-8-10-14-27(25)33(29,4)5)16-17-24(22)19-21-30-32(3)26-13-9-11-15-28(26)34(30,6)7/h8-15,18-21H,16-17H2,1-7H3/q+1. The van der Waals surface area contributed by atoms with Crippen LogP contribution < -0.4 is 4.90 Å². The van der Waals surface area contributed by atoms with Gasteiger partial charge in [0.15, 0.2) is 0 Å². The Hall–Kier alpha value is -2.43. The lowest BCUT2D eigenvalue weighted by molar-refractivity contribution is -0.401. The summed E-state index contributed by atoms with van der Waals surface area (Å²) in [5.41, 5.74) is 7.12. The van der Waals surface area contributed by atoms with E-state index >= 15 is 0 Å². The molecule has 0 radical (unpaired) electrons. The van der Waals surface area contributed by atoms with E-state index < -0.39 is 20.1 Å². The highest BCUT2D eigenvalue weighted by molar-refractivity contribution is 8.44. The molecule has 0 saturated carbocycles. The van der Waals surface area contributed by atoms with Crippen molar-refractivity contribution in [2.75, 3.05) is 44.0 Å². The van der Waals surface area contributed by atoms with Gasteiger partial charge in [-0.25, -0.2) is 0 Å². The summed E-state index contributed by atoms with van der Waals surface area (Å²) < 4.78 is 2.39. The molecule has 4 heteroatoms. The molecule has 178 valence electrons. The van der Waals surface area contributed by atoms with Gasteiger partial charge in [0.25, 0.3) is 0 Å². The lowest BCUT2D eigenvalue weighted by Crippen LogP contribution is -2.12. The summed E-state index contributed by atoms with van der Waals surface area (Å²) in [6.45, 7) is 2.30. The summed E-state index contributed by atoms with van der Waals surface area (Å²) >= 11 is 0. The summed E-state index contributed by atoms with van der Waals surface area (Å²) in [5.74, 6) is 0. The van der Waals surface area contributed by atoms with Crippen LogP contribution in [0.1, 0.15) is 19.8 Å². The van der Waals surface area contributed by atoms with Crippen LogP contribution in [0.25, 0.3) is 0 Å². The molecule has 34 heavy (non-hydrogen) atoms. The Kier molecular flexibility index (Phi) is 5.73. The van der Waals surface area contributed by atoms with Crippen LogP contribution in [0.4, 0.5) is 11.4 Å². The van der Waals surface area contributed by atoms with Crippen molar-refractivity contribution < 1.29 is 4.58 Å². The van der Waals surface area contributed by atoms with E-state index in [1.165, 1.54) is 48.0 Å². The zero-order chi connectivity index (χ0) is 24.3. The van der Waals surface area contributed by atoms with Gasteiger partial charge in [-0.15, -0.1) is 10.0 Å². The first-order chi connectivity index (χ1) is 16.1. The van der Waals surface area contributed by atoms with Crippen LogP contribution in [0, 0.1) is 0 Å². The topological polar surface area (TPSA) is 6.25 Å². The smallest absolute Gasteiger partial charge is 0.226 e. The third-order valence-electron chi connectivity index (χ3n) is 7.74. The summed E-state index contributed by atoms with van der Waals surface area (Å²) in [4.78, 5) is 5.38. The molecule has 0 amide bonds. The Balaban J connectivity index is 1.43. The minimum atomic E-state index is -0.979. The first-order valence-electron chi connectivity index (χ1n) is 11.9. The average molecular weight is 490 g/mol. The Morgan fingerprint density at radius 2 is 1.50 bits per heavy atom. The first kappa shape index (κ1) is 23.3. The maximum Gasteiger partial charge on any atom is 0.226 e. The van der Waals surface area contributed by atoms with Crippen molar-refractivity contribution >= 4 is 36.5 Å². The summed E-state index contributed by atoms with van der Waals surface area (Å²) in [5, 5.41) is 2.90. The van der Waals surface area contributed by atoms with Gasteiger partial charge < -0.3 is 4.90 Å². The van der Waals surface area contributed by atoms with Gasteiger partial charge in [-0.1, -0.05) is 36.4 Å². The molecule has 0 unspecified atom stereocenters. The van der Waals surface area contributed by atoms with Crippen LogP contribution in [-0.2, 0) is 0 Å². The maximum absolute atomic E-state index is 2.42. The predicted octanol–water partition coefficient (Wildman–Crippen LogP) is 7.80. The number of fused-ring (bicyclic) bond motifs is 2. The highest BCUT2D eigenvalue weighted by Gasteiger charge is 2.38. The molecule has 0 aromatic heterocycles. The van der Waals surface area contributed by atoms with Gasteiger partial charge in [-0.05, 0) is 85.8 Å². The molecule has 2 heterocycles. The molecule has 0 bridgehead atoms. The minimum absolute atomic E-state index is 0.979. The van der Waals surface area contributed by atoms with Gasteiger partial charge in [0.1, 0.15) is 7.05 Å². The average Bonchev–Trinajstić information content (AvgIpc) is 3.33.